The molecule has 2 rings (SSSR count). The number of nitro benzene ring substituents is 1. The Kier molecular flexibility index (Phi) is 3.48. The summed E-state index contributed by atoms with van der Waals surface area (Å²) in [5.74, 6) is 0.0647. The molecule has 0 aliphatic heterocycles. The average molecular weight is 281 g/mol. The van der Waals surface area contributed by atoms with Crippen LogP contribution in [0.4, 0.5) is 11.5 Å². The van der Waals surface area contributed by atoms with Gasteiger partial charge in [0.25, 0.3) is 0 Å². The molecule has 98 valence electrons. The van der Waals surface area contributed by atoms with Crippen LogP contribution in [0.15, 0.2) is 24.5 Å². The van der Waals surface area contributed by atoms with Crippen LogP contribution in [-0.2, 0) is 0 Å². The molecule has 0 saturated carbocycles. The molecule has 0 radical (unpaired) electrons. The third kappa shape index (κ3) is 2.71. The molecule has 1 aromatic carbocycles. The zero-order valence-corrected chi connectivity index (χ0v) is 10.6. The van der Waals surface area contributed by atoms with Crippen LogP contribution in [0, 0.1) is 17.0 Å². The van der Waals surface area contributed by atoms with E-state index in [1.807, 2.05) is 0 Å². The Labute approximate surface area is 113 Å². The maximum atomic E-state index is 10.9. The third-order valence-corrected chi connectivity index (χ3v) is 2.66. The van der Waals surface area contributed by atoms with E-state index in [-0.39, 0.29) is 28.2 Å². The van der Waals surface area contributed by atoms with Crippen LogP contribution in [0.3, 0.4) is 0 Å². The number of rotatable bonds is 3. The number of nitrogens with two attached hydrogens (primary N) is 1. The third-order valence-electron chi connectivity index (χ3n) is 2.30. The smallest absolute Gasteiger partial charge is 0.311 e. The largest absolute Gasteiger partial charge is 0.430 e. The normalized spacial score (nSPS) is 10.2. The summed E-state index contributed by atoms with van der Waals surface area (Å²) in [5, 5.41) is 10.9. The molecule has 0 aliphatic rings. The first-order valence-electron chi connectivity index (χ1n) is 5.18. The molecule has 0 atom stereocenters. The molecule has 2 N–H and O–H groups in total. The van der Waals surface area contributed by atoms with Gasteiger partial charge in [0.05, 0.1) is 4.92 Å². The monoisotopic (exact) mass is 280 g/mol. The molecule has 0 bridgehead atoms. The topological polar surface area (TPSA) is 104 Å². The van der Waals surface area contributed by atoms with Gasteiger partial charge in [-0.3, -0.25) is 10.1 Å². The Morgan fingerprint density at radius 2 is 2.16 bits per heavy atom. The predicted octanol–water partition coefficient (Wildman–Crippen LogP) is 2.72. The summed E-state index contributed by atoms with van der Waals surface area (Å²) in [5.41, 5.74) is 6.13. The van der Waals surface area contributed by atoms with Gasteiger partial charge in [0.1, 0.15) is 17.2 Å². The van der Waals surface area contributed by atoms with Gasteiger partial charge in [-0.1, -0.05) is 17.7 Å². The number of anilines is 1. The van der Waals surface area contributed by atoms with Gasteiger partial charge in [0.15, 0.2) is 0 Å². The molecule has 7 nitrogen and oxygen atoms in total. The SMILES string of the molecule is Cc1ccc([N+](=O)[O-])c(Oc2ncnc(N)c2Cl)c1. The first-order chi connectivity index (χ1) is 8.99. The van der Waals surface area contributed by atoms with Crippen LogP contribution in [0.1, 0.15) is 5.56 Å². The lowest BCUT2D eigenvalue weighted by Crippen LogP contribution is -1.98. The maximum Gasteiger partial charge on any atom is 0.311 e. The minimum absolute atomic E-state index is 0.0123. The number of nitrogen functional groups attached to an aromatic ring is 1. The van der Waals surface area contributed by atoms with Gasteiger partial charge in [0, 0.05) is 6.07 Å². The van der Waals surface area contributed by atoms with Crippen molar-refractivity contribution in [3.05, 3.63) is 45.2 Å². The zero-order chi connectivity index (χ0) is 14.0. The number of halogens is 1. The van der Waals surface area contributed by atoms with E-state index in [1.165, 1.54) is 12.1 Å². The number of nitrogens with zero attached hydrogens (tertiary/aromatic N) is 3. The fourth-order valence-electron chi connectivity index (χ4n) is 1.40. The summed E-state index contributed by atoms with van der Waals surface area (Å²) in [6.45, 7) is 1.78. The highest BCUT2D eigenvalue weighted by Crippen LogP contribution is 2.35. The second-order valence-corrected chi connectivity index (χ2v) is 4.09. The van der Waals surface area contributed by atoms with E-state index in [1.54, 1.807) is 13.0 Å². The molecule has 0 aliphatic carbocycles. The first kappa shape index (κ1) is 13.0. The van der Waals surface area contributed by atoms with E-state index < -0.39 is 4.92 Å². The van der Waals surface area contributed by atoms with Crippen LogP contribution in [-0.4, -0.2) is 14.9 Å². The van der Waals surface area contributed by atoms with E-state index in [2.05, 4.69) is 9.97 Å². The lowest BCUT2D eigenvalue weighted by Gasteiger charge is -2.08. The van der Waals surface area contributed by atoms with Crippen LogP contribution in [0.2, 0.25) is 5.02 Å². The Balaban J connectivity index is 2.45. The maximum absolute atomic E-state index is 10.9. The van der Waals surface area contributed by atoms with Crippen LogP contribution in [0.25, 0.3) is 0 Å². The molecule has 1 aromatic heterocycles. The second-order valence-electron chi connectivity index (χ2n) is 3.71. The number of aromatic nitrogens is 2. The summed E-state index contributed by atoms with van der Waals surface area (Å²) in [7, 11) is 0. The Bertz CT molecular complexity index is 648. The zero-order valence-electron chi connectivity index (χ0n) is 9.83. The molecule has 2 aromatic rings. The van der Waals surface area contributed by atoms with Crippen molar-refractivity contribution in [3.63, 3.8) is 0 Å². The molecule has 1 heterocycles. The summed E-state index contributed by atoms with van der Waals surface area (Å²) < 4.78 is 5.36. The molecule has 0 unspecified atom stereocenters. The molecule has 0 amide bonds. The van der Waals surface area contributed by atoms with Gasteiger partial charge >= 0.3 is 5.69 Å². The number of hydrogen-bond donors (Lipinski definition) is 1. The highest BCUT2D eigenvalue weighted by atomic mass is 35.5. The van der Waals surface area contributed by atoms with Crippen molar-refractivity contribution in [2.24, 2.45) is 0 Å². The highest BCUT2D eigenvalue weighted by Gasteiger charge is 2.18. The predicted molar refractivity (Wildman–Crippen MR) is 69.4 cm³/mol. The Hall–Kier alpha value is -2.41. The van der Waals surface area contributed by atoms with Crippen LogP contribution >= 0.6 is 11.6 Å². The standard InChI is InChI=1S/C11H9ClN4O3/c1-6-2-3-7(16(17)18)8(4-6)19-11-9(12)10(13)14-5-15-11/h2-5H,1H3,(H2,13,14,15). The van der Waals surface area contributed by atoms with Crippen molar-refractivity contribution >= 4 is 23.1 Å². The van der Waals surface area contributed by atoms with Gasteiger partial charge < -0.3 is 10.5 Å². The number of hydrogen-bond acceptors (Lipinski definition) is 6. The fourth-order valence-corrected chi connectivity index (χ4v) is 1.53. The quantitative estimate of drug-likeness (QED) is 0.684. The summed E-state index contributed by atoms with van der Waals surface area (Å²) in [6.07, 6.45) is 1.16. The highest BCUT2D eigenvalue weighted by molar-refractivity contribution is 6.34. The van der Waals surface area contributed by atoms with E-state index in [9.17, 15) is 10.1 Å². The first-order valence-corrected chi connectivity index (χ1v) is 5.55. The lowest BCUT2D eigenvalue weighted by molar-refractivity contribution is -0.385. The van der Waals surface area contributed by atoms with E-state index in [0.717, 1.165) is 11.9 Å². The molecule has 0 fully saturated rings. The number of benzene rings is 1. The van der Waals surface area contributed by atoms with Crippen molar-refractivity contribution in [1.82, 2.24) is 9.97 Å². The van der Waals surface area contributed by atoms with Gasteiger partial charge in [0.2, 0.25) is 11.6 Å². The molecule has 19 heavy (non-hydrogen) atoms. The molecule has 8 heteroatoms. The van der Waals surface area contributed by atoms with Gasteiger partial charge in [-0.2, -0.15) is 4.98 Å². The molecule has 0 saturated heterocycles. The Morgan fingerprint density at radius 3 is 2.84 bits per heavy atom. The lowest BCUT2D eigenvalue weighted by atomic mass is 10.2. The van der Waals surface area contributed by atoms with Gasteiger partial charge in [-0.05, 0) is 18.6 Å². The number of ether oxygens (including phenoxy) is 1. The van der Waals surface area contributed by atoms with Crippen molar-refractivity contribution in [2.45, 2.75) is 6.92 Å². The summed E-state index contributed by atoms with van der Waals surface area (Å²) >= 11 is 5.87. The summed E-state index contributed by atoms with van der Waals surface area (Å²) in [4.78, 5) is 17.8. The number of aryl methyl sites for hydroxylation is 1. The minimum atomic E-state index is -0.548. The molecule has 0 spiro atoms. The van der Waals surface area contributed by atoms with Crippen molar-refractivity contribution in [2.75, 3.05) is 5.73 Å². The average Bonchev–Trinajstić information content (AvgIpc) is 2.35. The van der Waals surface area contributed by atoms with Gasteiger partial charge in [-0.15, -0.1) is 0 Å². The number of nitro groups is 1. The Morgan fingerprint density at radius 1 is 1.42 bits per heavy atom. The minimum Gasteiger partial charge on any atom is -0.430 e. The molecular formula is C11H9ClN4O3. The fraction of sp³-hybridized carbons (Fsp3) is 0.0909. The molecular weight excluding hydrogens is 272 g/mol. The van der Waals surface area contributed by atoms with Crippen molar-refractivity contribution in [3.8, 4) is 11.6 Å². The van der Waals surface area contributed by atoms with E-state index in [0.29, 0.717) is 0 Å². The van der Waals surface area contributed by atoms with Crippen LogP contribution in [0.5, 0.6) is 11.6 Å². The van der Waals surface area contributed by atoms with E-state index >= 15 is 0 Å². The van der Waals surface area contributed by atoms with Crippen molar-refractivity contribution in [1.29, 1.82) is 0 Å². The van der Waals surface area contributed by atoms with Gasteiger partial charge in [-0.25, -0.2) is 4.98 Å². The second kappa shape index (κ2) is 5.07. The van der Waals surface area contributed by atoms with E-state index in [4.69, 9.17) is 22.1 Å². The summed E-state index contributed by atoms with van der Waals surface area (Å²) in [6, 6.07) is 4.48. The van der Waals surface area contributed by atoms with Crippen LogP contribution < -0.4 is 10.5 Å². The van der Waals surface area contributed by atoms with Crippen molar-refractivity contribution < 1.29 is 9.66 Å².